The maximum Gasteiger partial charge on any atom is 0.326 e. The number of likely N-dealkylation sites (tertiary alicyclic amines) is 1. The van der Waals surface area contributed by atoms with Gasteiger partial charge in [-0.15, -0.1) is 11.3 Å². The summed E-state index contributed by atoms with van der Waals surface area (Å²) in [6.45, 7) is 7.71. The number of nitrogens with zero attached hydrogens (tertiary/aromatic N) is 1. The maximum absolute atomic E-state index is 12.8. The van der Waals surface area contributed by atoms with Gasteiger partial charge in [-0.2, -0.15) is 0 Å². The zero-order chi connectivity index (χ0) is 17.6. The molecule has 2 fully saturated rings. The number of amides is 2. The standard InChI is InChI=1S/C17H22N2O4S/c1-5-19-14(20)10-11(15(19)21)17(4,16(22)23-6-2)18-12(10)13-9(3)7-8-24-13/h7-8,10-12,18H,5-6H2,1-4H3/t10-,11-,12+,17+/m0/s1. The number of nitrogens with one attached hydrogen (secondary N) is 1. The zero-order valence-corrected chi connectivity index (χ0v) is 15.1. The molecule has 1 aromatic rings. The summed E-state index contributed by atoms with van der Waals surface area (Å²) in [5.74, 6) is -2.26. The number of hydrogen-bond acceptors (Lipinski definition) is 6. The van der Waals surface area contributed by atoms with E-state index in [9.17, 15) is 14.4 Å². The van der Waals surface area contributed by atoms with Gasteiger partial charge < -0.3 is 4.74 Å². The Morgan fingerprint density at radius 2 is 2.08 bits per heavy atom. The summed E-state index contributed by atoms with van der Waals surface area (Å²) < 4.78 is 5.21. The Morgan fingerprint density at radius 3 is 2.62 bits per heavy atom. The van der Waals surface area contributed by atoms with E-state index in [1.54, 1.807) is 20.8 Å². The van der Waals surface area contributed by atoms with E-state index in [0.29, 0.717) is 6.54 Å². The van der Waals surface area contributed by atoms with E-state index in [-0.39, 0.29) is 24.5 Å². The molecule has 3 heterocycles. The van der Waals surface area contributed by atoms with Crippen molar-refractivity contribution in [2.45, 2.75) is 39.3 Å². The molecule has 3 rings (SSSR count). The van der Waals surface area contributed by atoms with E-state index in [2.05, 4.69) is 5.32 Å². The van der Waals surface area contributed by atoms with Crippen LogP contribution in [0.1, 0.15) is 37.3 Å². The van der Waals surface area contributed by atoms with E-state index in [1.807, 2.05) is 18.4 Å². The van der Waals surface area contributed by atoms with Gasteiger partial charge in [0.25, 0.3) is 0 Å². The average Bonchev–Trinajstić information content (AvgIpc) is 3.16. The van der Waals surface area contributed by atoms with Crippen molar-refractivity contribution in [2.75, 3.05) is 13.2 Å². The second-order valence-electron chi connectivity index (χ2n) is 6.44. The Bertz CT molecular complexity index is 701. The lowest BCUT2D eigenvalue weighted by atomic mass is 9.81. The Morgan fingerprint density at radius 1 is 1.38 bits per heavy atom. The molecule has 0 saturated carbocycles. The lowest BCUT2D eigenvalue weighted by Crippen LogP contribution is -2.54. The fourth-order valence-electron chi connectivity index (χ4n) is 3.91. The van der Waals surface area contributed by atoms with E-state index in [0.717, 1.165) is 10.4 Å². The molecule has 4 atom stereocenters. The Balaban J connectivity index is 2.09. The Labute approximate surface area is 145 Å². The van der Waals surface area contributed by atoms with Gasteiger partial charge in [0.2, 0.25) is 11.8 Å². The van der Waals surface area contributed by atoms with Crippen molar-refractivity contribution in [3.63, 3.8) is 0 Å². The molecule has 2 aliphatic rings. The topological polar surface area (TPSA) is 75.7 Å². The number of thiophene rings is 1. The number of rotatable bonds is 4. The highest BCUT2D eigenvalue weighted by Crippen LogP contribution is 2.50. The van der Waals surface area contributed by atoms with Crippen LogP contribution < -0.4 is 5.32 Å². The number of carbonyl (C=O) groups excluding carboxylic acids is 3. The molecular formula is C17H22N2O4S. The molecule has 6 nitrogen and oxygen atoms in total. The van der Waals surface area contributed by atoms with Gasteiger partial charge >= 0.3 is 5.97 Å². The predicted molar refractivity (Wildman–Crippen MR) is 89.3 cm³/mol. The first-order chi connectivity index (χ1) is 11.4. The Hall–Kier alpha value is -1.73. The number of esters is 1. The maximum atomic E-state index is 12.8. The van der Waals surface area contributed by atoms with Crippen molar-refractivity contribution in [1.29, 1.82) is 0 Å². The molecule has 1 aromatic heterocycles. The molecule has 1 N–H and O–H groups in total. The molecular weight excluding hydrogens is 328 g/mol. The van der Waals surface area contributed by atoms with Crippen LogP contribution in [0.4, 0.5) is 0 Å². The van der Waals surface area contributed by atoms with Gasteiger partial charge in [-0.1, -0.05) is 0 Å². The SMILES string of the molecule is CCOC(=O)[C@]1(C)N[C@@H](c2sccc2C)[C@H]2C(=O)N(CC)C(=O)[C@H]21. The molecule has 0 bridgehead atoms. The van der Waals surface area contributed by atoms with Crippen molar-refractivity contribution in [2.24, 2.45) is 11.8 Å². The number of imide groups is 1. The van der Waals surface area contributed by atoms with Crippen LogP contribution in [0.25, 0.3) is 0 Å². The van der Waals surface area contributed by atoms with Crippen LogP contribution in [0, 0.1) is 18.8 Å². The van der Waals surface area contributed by atoms with Gasteiger partial charge in [0.05, 0.1) is 24.5 Å². The highest BCUT2D eigenvalue weighted by atomic mass is 32.1. The summed E-state index contributed by atoms with van der Waals surface area (Å²) >= 11 is 1.54. The van der Waals surface area contributed by atoms with Gasteiger partial charge in [-0.25, -0.2) is 0 Å². The molecule has 0 aliphatic carbocycles. The lowest BCUT2D eigenvalue weighted by Gasteiger charge is -2.28. The van der Waals surface area contributed by atoms with E-state index in [4.69, 9.17) is 4.74 Å². The number of ether oxygens (including phenoxy) is 1. The van der Waals surface area contributed by atoms with Crippen molar-refractivity contribution >= 4 is 29.1 Å². The van der Waals surface area contributed by atoms with Crippen molar-refractivity contribution in [3.8, 4) is 0 Å². The van der Waals surface area contributed by atoms with Gasteiger partial charge in [-0.3, -0.25) is 24.6 Å². The Kier molecular flexibility index (Phi) is 4.25. The number of hydrogen-bond donors (Lipinski definition) is 1. The highest BCUT2D eigenvalue weighted by Gasteiger charge is 2.67. The summed E-state index contributed by atoms with van der Waals surface area (Å²) in [5.41, 5.74) is -0.141. The molecule has 2 aliphatic heterocycles. The second kappa shape index (κ2) is 5.97. The molecule has 0 radical (unpaired) electrons. The average molecular weight is 350 g/mol. The third-order valence-corrected chi connectivity index (χ3v) is 6.18. The van der Waals surface area contributed by atoms with Crippen LogP contribution in [-0.4, -0.2) is 41.4 Å². The lowest BCUT2D eigenvalue weighted by molar-refractivity contribution is -0.155. The number of aryl methyl sites for hydroxylation is 1. The van der Waals surface area contributed by atoms with Crippen LogP contribution in [0.3, 0.4) is 0 Å². The number of carbonyl (C=O) groups is 3. The molecule has 0 spiro atoms. The first-order valence-corrected chi connectivity index (χ1v) is 9.08. The van der Waals surface area contributed by atoms with Crippen molar-refractivity contribution in [1.82, 2.24) is 10.2 Å². The molecule has 2 amide bonds. The minimum absolute atomic E-state index is 0.203. The van der Waals surface area contributed by atoms with E-state index >= 15 is 0 Å². The summed E-state index contributed by atoms with van der Waals surface area (Å²) in [4.78, 5) is 40.5. The largest absolute Gasteiger partial charge is 0.465 e. The van der Waals surface area contributed by atoms with Crippen molar-refractivity contribution < 1.29 is 19.1 Å². The van der Waals surface area contributed by atoms with Crippen LogP contribution in [0.5, 0.6) is 0 Å². The normalized spacial score (nSPS) is 32.3. The van der Waals surface area contributed by atoms with E-state index < -0.39 is 23.3 Å². The van der Waals surface area contributed by atoms with Gasteiger partial charge in [-0.05, 0) is 44.7 Å². The summed E-state index contributed by atoms with van der Waals surface area (Å²) in [7, 11) is 0. The monoisotopic (exact) mass is 350 g/mol. The first kappa shape index (κ1) is 17.1. The van der Waals surface area contributed by atoms with Gasteiger partial charge in [0.15, 0.2) is 0 Å². The molecule has 130 valence electrons. The minimum Gasteiger partial charge on any atom is -0.465 e. The third kappa shape index (κ3) is 2.22. The predicted octanol–water partition coefficient (Wildman–Crippen LogP) is 1.64. The second-order valence-corrected chi connectivity index (χ2v) is 7.38. The quantitative estimate of drug-likeness (QED) is 0.660. The summed E-state index contributed by atoms with van der Waals surface area (Å²) in [6.07, 6.45) is 0. The molecule has 2 saturated heterocycles. The fraction of sp³-hybridized carbons (Fsp3) is 0.588. The van der Waals surface area contributed by atoms with Crippen molar-refractivity contribution in [3.05, 3.63) is 21.9 Å². The highest BCUT2D eigenvalue weighted by molar-refractivity contribution is 7.10. The first-order valence-electron chi connectivity index (χ1n) is 8.20. The van der Waals surface area contributed by atoms with E-state index in [1.165, 1.54) is 16.2 Å². The molecule has 7 heteroatoms. The fourth-order valence-corrected chi connectivity index (χ4v) is 4.93. The van der Waals surface area contributed by atoms with Crippen LogP contribution in [0.15, 0.2) is 11.4 Å². The third-order valence-electron chi connectivity index (χ3n) is 5.08. The van der Waals surface area contributed by atoms with Crippen LogP contribution in [0.2, 0.25) is 0 Å². The van der Waals surface area contributed by atoms with Crippen LogP contribution >= 0.6 is 11.3 Å². The zero-order valence-electron chi connectivity index (χ0n) is 14.3. The smallest absolute Gasteiger partial charge is 0.326 e. The molecule has 0 aromatic carbocycles. The number of fused-ring (bicyclic) bond motifs is 1. The van der Waals surface area contributed by atoms with Gasteiger partial charge in [0, 0.05) is 11.4 Å². The van der Waals surface area contributed by atoms with Crippen LogP contribution in [-0.2, 0) is 19.1 Å². The summed E-state index contributed by atoms with van der Waals surface area (Å²) in [6, 6.07) is 1.63. The molecule has 0 unspecified atom stereocenters. The van der Waals surface area contributed by atoms with Gasteiger partial charge in [0.1, 0.15) is 5.54 Å². The molecule has 24 heavy (non-hydrogen) atoms. The minimum atomic E-state index is -1.20. The summed E-state index contributed by atoms with van der Waals surface area (Å²) in [5, 5.41) is 5.23.